The van der Waals surface area contributed by atoms with Gasteiger partial charge in [-0.2, -0.15) is 0 Å². The fourth-order valence-corrected chi connectivity index (χ4v) is 1.79. The van der Waals surface area contributed by atoms with Gasteiger partial charge in [-0.05, 0) is 33.8 Å². The van der Waals surface area contributed by atoms with E-state index in [1.807, 2.05) is 6.92 Å². The third kappa shape index (κ3) is 6.78. The lowest BCUT2D eigenvalue weighted by Gasteiger charge is -2.21. The molecule has 1 aromatic carbocycles. The molecular formula is C15H22ClFN2O2. The zero-order chi connectivity index (χ0) is 16.0. The summed E-state index contributed by atoms with van der Waals surface area (Å²) in [5, 5.41) is 5.88. The fourth-order valence-electron chi connectivity index (χ4n) is 1.59. The number of amides is 1. The second kappa shape index (κ2) is 7.61. The lowest BCUT2D eigenvalue weighted by Crippen LogP contribution is -2.41. The first kappa shape index (κ1) is 17.7. The summed E-state index contributed by atoms with van der Waals surface area (Å²) in [6.07, 6.45) is -0.468. The van der Waals surface area contributed by atoms with Gasteiger partial charge < -0.3 is 15.4 Å². The van der Waals surface area contributed by atoms with Gasteiger partial charge in [-0.3, -0.25) is 0 Å². The van der Waals surface area contributed by atoms with E-state index in [4.69, 9.17) is 16.3 Å². The molecule has 0 fully saturated rings. The Morgan fingerprint density at radius 3 is 2.71 bits per heavy atom. The Morgan fingerprint density at radius 1 is 1.43 bits per heavy atom. The molecular weight excluding hydrogens is 295 g/mol. The van der Waals surface area contributed by atoms with Crippen LogP contribution in [0.5, 0.6) is 0 Å². The van der Waals surface area contributed by atoms with E-state index in [0.717, 1.165) is 0 Å². The molecule has 0 saturated carbocycles. The van der Waals surface area contributed by atoms with Crippen LogP contribution in [0, 0.1) is 5.82 Å². The van der Waals surface area contributed by atoms with Gasteiger partial charge >= 0.3 is 6.09 Å². The van der Waals surface area contributed by atoms with Crippen LogP contribution in [0.4, 0.5) is 9.18 Å². The van der Waals surface area contributed by atoms with Crippen LogP contribution >= 0.6 is 11.6 Å². The van der Waals surface area contributed by atoms with Crippen LogP contribution in [-0.2, 0) is 11.3 Å². The first-order valence-corrected chi connectivity index (χ1v) is 7.20. The van der Waals surface area contributed by atoms with Crippen molar-refractivity contribution in [3.63, 3.8) is 0 Å². The summed E-state index contributed by atoms with van der Waals surface area (Å²) >= 11 is 5.72. The van der Waals surface area contributed by atoms with Gasteiger partial charge in [0, 0.05) is 24.7 Å². The maximum Gasteiger partial charge on any atom is 0.407 e. The number of benzene rings is 1. The minimum Gasteiger partial charge on any atom is -0.444 e. The van der Waals surface area contributed by atoms with E-state index < -0.39 is 17.5 Å². The summed E-state index contributed by atoms with van der Waals surface area (Å²) in [6, 6.07) is 4.85. The third-order valence-electron chi connectivity index (χ3n) is 2.62. The van der Waals surface area contributed by atoms with Gasteiger partial charge in [0.15, 0.2) is 0 Å². The Balaban J connectivity index is 2.36. The highest BCUT2D eigenvalue weighted by Gasteiger charge is 2.16. The predicted octanol–water partition coefficient (Wildman–Crippen LogP) is 3.48. The number of carbonyl (C=O) groups excluding carboxylic acids is 1. The summed E-state index contributed by atoms with van der Waals surface area (Å²) < 4.78 is 18.8. The summed E-state index contributed by atoms with van der Waals surface area (Å²) in [7, 11) is 0. The smallest absolute Gasteiger partial charge is 0.407 e. The van der Waals surface area contributed by atoms with Crippen molar-refractivity contribution in [2.24, 2.45) is 0 Å². The molecule has 0 spiro atoms. The van der Waals surface area contributed by atoms with Crippen molar-refractivity contribution in [2.45, 2.75) is 45.9 Å². The number of rotatable bonds is 5. The lowest BCUT2D eigenvalue weighted by molar-refractivity contribution is 0.0523. The zero-order valence-corrected chi connectivity index (χ0v) is 13.6. The normalized spacial score (nSPS) is 12.9. The highest BCUT2D eigenvalue weighted by atomic mass is 35.5. The molecule has 21 heavy (non-hydrogen) atoms. The van der Waals surface area contributed by atoms with Crippen molar-refractivity contribution >= 4 is 17.7 Å². The van der Waals surface area contributed by atoms with Crippen molar-refractivity contribution in [1.82, 2.24) is 10.6 Å². The predicted molar refractivity (Wildman–Crippen MR) is 81.9 cm³/mol. The third-order valence-corrected chi connectivity index (χ3v) is 2.92. The molecule has 4 nitrogen and oxygen atoms in total. The van der Waals surface area contributed by atoms with Crippen molar-refractivity contribution in [1.29, 1.82) is 0 Å². The van der Waals surface area contributed by atoms with Gasteiger partial charge in [0.25, 0.3) is 0 Å². The SMILES string of the molecule is CC(CNC(=O)OC(C)(C)C)NCc1cccc(Cl)c1F. The molecule has 118 valence electrons. The van der Waals surface area contributed by atoms with Gasteiger partial charge in [0.1, 0.15) is 11.4 Å². The van der Waals surface area contributed by atoms with E-state index in [2.05, 4.69) is 10.6 Å². The molecule has 0 bridgehead atoms. The van der Waals surface area contributed by atoms with E-state index in [1.165, 1.54) is 6.07 Å². The van der Waals surface area contributed by atoms with Crippen molar-refractivity contribution in [3.8, 4) is 0 Å². The molecule has 6 heteroatoms. The van der Waals surface area contributed by atoms with Crippen LogP contribution in [0.2, 0.25) is 5.02 Å². The number of hydrogen-bond donors (Lipinski definition) is 2. The Hall–Kier alpha value is -1.33. The summed E-state index contributed by atoms with van der Waals surface area (Å²) in [4.78, 5) is 11.5. The molecule has 0 heterocycles. The van der Waals surface area contributed by atoms with Crippen molar-refractivity contribution < 1.29 is 13.9 Å². The molecule has 0 aliphatic carbocycles. The minimum atomic E-state index is -0.523. The van der Waals surface area contributed by atoms with Crippen molar-refractivity contribution in [3.05, 3.63) is 34.6 Å². The molecule has 0 saturated heterocycles. The van der Waals surface area contributed by atoms with Crippen LogP contribution in [0.1, 0.15) is 33.3 Å². The molecule has 0 aromatic heterocycles. The molecule has 0 radical (unpaired) electrons. The van der Waals surface area contributed by atoms with E-state index >= 15 is 0 Å². The van der Waals surface area contributed by atoms with Gasteiger partial charge in [-0.15, -0.1) is 0 Å². The van der Waals surface area contributed by atoms with Gasteiger partial charge in [0.2, 0.25) is 0 Å². The molecule has 1 atom stereocenters. The number of alkyl carbamates (subject to hydrolysis) is 1. The Labute approximate surface area is 130 Å². The second-order valence-corrected chi connectivity index (χ2v) is 6.28. The largest absolute Gasteiger partial charge is 0.444 e. The summed E-state index contributed by atoms with van der Waals surface area (Å²) in [5.74, 6) is -0.418. The fraction of sp³-hybridized carbons (Fsp3) is 0.533. The second-order valence-electron chi connectivity index (χ2n) is 5.88. The Bertz CT molecular complexity index is 489. The summed E-state index contributed by atoms with van der Waals surface area (Å²) in [5.41, 5.74) is -0.0309. The minimum absolute atomic E-state index is 0.0316. The lowest BCUT2D eigenvalue weighted by atomic mass is 10.2. The molecule has 0 aliphatic heterocycles. The van der Waals surface area contributed by atoms with Gasteiger partial charge in [-0.25, -0.2) is 9.18 Å². The average Bonchev–Trinajstić information content (AvgIpc) is 2.36. The highest BCUT2D eigenvalue weighted by Crippen LogP contribution is 2.17. The maximum absolute atomic E-state index is 13.7. The first-order chi connectivity index (χ1) is 9.69. The number of carbonyl (C=O) groups is 1. The number of ether oxygens (including phenoxy) is 1. The number of hydrogen-bond acceptors (Lipinski definition) is 3. The van der Waals surface area contributed by atoms with E-state index in [1.54, 1.807) is 32.9 Å². The van der Waals surface area contributed by atoms with E-state index in [-0.39, 0.29) is 11.1 Å². The highest BCUT2D eigenvalue weighted by molar-refractivity contribution is 6.30. The monoisotopic (exact) mass is 316 g/mol. The molecule has 0 aliphatic rings. The van der Waals surface area contributed by atoms with Crippen LogP contribution in [0.25, 0.3) is 0 Å². The Morgan fingerprint density at radius 2 is 2.10 bits per heavy atom. The summed E-state index contributed by atoms with van der Waals surface area (Å²) in [6.45, 7) is 8.02. The zero-order valence-electron chi connectivity index (χ0n) is 12.8. The molecule has 1 aromatic rings. The standard InChI is InChI=1S/C15H22ClFN2O2/c1-10(8-19-14(20)21-15(2,3)4)18-9-11-6-5-7-12(16)13(11)17/h5-7,10,18H,8-9H2,1-4H3,(H,19,20). The van der Waals surface area contributed by atoms with Crippen LogP contribution < -0.4 is 10.6 Å². The van der Waals surface area contributed by atoms with Crippen LogP contribution in [0.15, 0.2) is 18.2 Å². The molecule has 1 rings (SSSR count). The topological polar surface area (TPSA) is 50.4 Å². The first-order valence-electron chi connectivity index (χ1n) is 6.82. The Kier molecular flexibility index (Phi) is 6.42. The molecule has 1 amide bonds. The molecule has 1 unspecified atom stereocenters. The molecule has 2 N–H and O–H groups in total. The number of halogens is 2. The van der Waals surface area contributed by atoms with E-state index in [0.29, 0.717) is 18.7 Å². The van der Waals surface area contributed by atoms with Gasteiger partial charge in [-0.1, -0.05) is 23.7 Å². The van der Waals surface area contributed by atoms with Crippen molar-refractivity contribution in [2.75, 3.05) is 6.54 Å². The number of nitrogens with one attached hydrogen (secondary N) is 2. The van der Waals surface area contributed by atoms with E-state index in [9.17, 15) is 9.18 Å². The maximum atomic E-state index is 13.7. The average molecular weight is 317 g/mol. The van der Waals surface area contributed by atoms with Crippen LogP contribution in [-0.4, -0.2) is 24.3 Å². The van der Waals surface area contributed by atoms with Crippen LogP contribution in [0.3, 0.4) is 0 Å². The van der Waals surface area contributed by atoms with Gasteiger partial charge in [0.05, 0.1) is 5.02 Å². The quantitative estimate of drug-likeness (QED) is 0.874.